The minimum Gasteiger partial charge on any atom is -0.481 e. The maximum absolute atomic E-state index is 10.7. The van der Waals surface area contributed by atoms with Crippen LogP contribution in [0.4, 0.5) is 0 Å². The number of aryl methyl sites for hydroxylation is 1. The van der Waals surface area contributed by atoms with Gasteiger partial charge >= 0.3 is 5.97 Å². The van der Waals surface area contributed by atoms with Gasteiger partial charge in [-0.2, -0.15) is 0 Å². The topological polar surface area (TPSA) is 50.2 Å². The maximum atomic E-state index is 10.7. The van der Waals surface area contributed by atoms with E-state index in [0.717, 1.165) is 31.4 Å². The van der Waals surface area contributed by atoms with Gasteiger partial charge in [-0.3, -0.25) is 9.78 Å². The van der Waals surface area contributed by atoms with Crippen molar-refractivity contribution in [1.29, 1.82) is 0 Å². The van der Waals surface area contributed by atoms with Crippen LogP contribution in [0.3, 0.4) is 0 Å². The molecule has 3 nitrogen and oxygen atoms in total. The van der Waals surface area contributed by atoms with Crippen molar-refractivity contribution >= 4 is 5.97 Å². The number of hydrogen-bond acceptors (Lipinski definition) is 2. The molecular formula is C14H19NO2. The van der Waals surface area contributed by atoms with Crippen LogP contribution in [0.1, 0.15) is 49.3 Å². The molecule has 0 aromatic carbocycles. The SMILES string of the molecule is Cc1cc([C@H]2CC[C@@H](CC(=O)O)CC2)ccn1. The Bertz CT molecular complexity index is 395. The lowest BCUT2D eigenvalue weighted by Gasteiger charge is -2.27. The van der Waals surface area contributed by atoms with Gasteiger partial charge in [0.05, 0.1) is 0 Å². The number of hydrogen-bond donors (Lipinski definition) is 1. The van der Waals surface area contributed by atoms with Crippen molar-refractivity contribution in [1.82, 2.24) is 4.98 Å². The zero-order chi connectivity index (χ0) is 12.3. The molecule has 0 saturated heterocycles. The Balaban J connectivity index is 1.93. The van der Waals surface area contributed by atoms with Crippen LogP contribution < -0.4 is 0 Å². The van der Waals surface area contributed by atoms with Crippen molar-refractivity contribution in [3.63, 3.8) is 0 Å². The molecule has 3 heteroatoms. The molecule has 1 aromatic heterocycles. The highest BCUT2D eigenvalue weighted by Gasteiger charge is 2.23. The van der Waals surface area contributed by atoms with Crippen LogP contribution in [0.15, 0.2) is 18.3 Å². The van der Waals surface area contributed by atoms with E-state index in [0.29, 0.717) is 18.3 Å². The predicted molar refractivity (Wildman–Crippen MR) is 65.9 cm³/mol. The van der Waals surface area contributed by atoms with E-state index < -0.39 is 5.97 Å². The lowest BCUT2D eigenvalue weighted by atomic mass is 9.78. The summed E-state index contributed by atoms with van der Waals surface area (Å²) < 4.78 is 0. The average molecular weight is 233 g/mol. The number of carboxylic acids is 1. The first-order valence-corrected chi connectivity index (χ1v) is 6.29. The summed E-state index contributed by atoms with van der Waals surface area (Å²) in [5.74, 6) is 0.321. The van der Waals surface area contributed by atoms with Gasteiger partial charge in [-0.05, 0) is 62.1 Å². The van der Waals surface area contributed by atoms with E-state index in [4.69, 9.17) is 5.11 Å². The smallest absolute Gasteiger partial charge is 0.303 e. The molecule has 1 aliphatic rings. The molecule has 1 aliphatic carbocycles. The number of aromatic nitrogens is 1. The van der Waals surface area contributed by atoms with Crippen LogP contribution in [0.5, 0.6) is 0 Å². The molecule has 17 heavy (non-hydrogen) atoms. The summed E-state index contributed by atoms with van der Waals surface area (Å²) in [5.41, 5.74) is 2.43. The fourth-order valence-corrected chi connectivity index (χ4v) is 2.77. The molecule has 92 valence electrons. The molecule has 0 unspecified atom stereocenters. The molecule has 2 rings (SSSR count). The van der Waals surface area contributed by atoms with E-state index in [1.165, 1.54) is 5.56 Å². The second-order valence-corrected chi connectivity index (χ2v) is 5.05. The molecule has 0 spiro atoms. The Morgan fingerprint density at radius 2 is 2.12 bits per heavy atom. The molecule has 0 bridgehead atoms. The lowest BCUT2D eigenvalue weighted by Crippen LogP contribution is -2.16. The zero-order valence-electron chi connectivity index (χ0n) is 10.2. The van der Waals surface area contributed by atoms with Gasteiger partial charge in [-0.25, -0.2) is 0 Å². The number of rotatable bonds is 3. The lowest BCUT2D eigenvalue weighted by molar-refractivity contribution is -0.138. The first-order chi connectivity index (χ1) is 8.15. The van der Waals surface area contributed by atoms with Crippen LogP contribution in [0.2, 0.25) is 0 Å². The van der Waals surface area contributed by atoms with Crippen molar-refractivity contribution in [3.05, 3.63) is 29.6 Å². The Morgan fingerprint density at radius 1 is 1.41 bits per heavy atom. The highest BCUT2D eigenvalue weighted by molar-refractivity contribution is 5.67. The predicted octanol–water partition coefficient (Wildman–Crippen LogP) is 3.14. The summed E-state index contributed by atoms with van der Waals surface area (Å²) in [5, 5.41) is 8.78. The number of pyridine rings is 1. The second kappa shape index (κ2) is 5.30. The van der Waals surface area contributed by atoms with Crippen LogP contribution in [0.25, 0.3) is 0 Å². The maximum Gasteiger partial charge on any atom is 0.303 e. The van der Waals surface area contributed by atoms with Gasteiger partial charge in [0.1, 0.15) is 0 Å². The third-order valence-electron chi connectivity index (χ3n) is 3.70. The van der Waals surface area contributed by atoms with Gasteiger partial charge in [-0.1, -0.05) is 0 Å². The van der Waals surface area contributed by atoms with Crippen LogP contribution in [-0.4, -0.2) is 16.1 Å². The van der Waals surface area contributed by atoms with Crippen LogP contribution in [0, 0.1) is 12.8 Å². The average Bonchev–Trinajstić information content (AvgIpc) is 2.29. The van der Waals surface area contributed by atoms with E-state index in [9.17, 15) is 4.79 Å². The highest BCUT2D eigenvalue weighted by atomic mass is 16.4. The summed E-state index contributed by atoms with van der Waals surface area (Å²) >= 11 is 0. The fourth-order valence-electron chi connectivity index (χ4n) is 2.77. The zero-order valence-corrected chi connectivity index (χ0v) is 10.2. The van der Waals surface area contributed by atoms with Crippen molar-refractivity contribution in [2.24, 2.45) is 5.92 Å². The Kier molecular flexibility index (Phi) is 3.77. The summed E-state index contributed by atoms with van der Waals surface area (Å²) in [7, 11) is 0. The van der Waals surface area contributed by atoms with E-state index in [-0.39, 0.29) is 0 Å². The van der Waals surface area contributed by atoms with E-state index in [2.05, 4.69) is 17.1 Å². The van der Waals surface area contributed by atoms with E-state index in [1.807, 2.05) is 13.1 Å². The van der Waals surface area contributed by atoms with E-state index in [1.54, 1.807) is 0 Å². The molecular weight excluding hydrogens is 214 g/mol. The van der Waals surface area contributed by atoms with Crippen molar-refractivity contribution in [3.8, 4) is 0 Å². The van der Waals surface area contributed by atoms with Gasteiger partial charge in [0.15, 0.2) is 0 Å². The third-order valence-corrected chi connectivity index (χ3v) is 3.70. The molecule has 0 aliphatic heterocycles. The summed E-state index contributed by atoms with van der Waals surface area (Å²) in [6.07, 6.45) is 6.51. The van der Waals surface area contributed by atoms with Crippen molar-refractivity contribution in [2.75, 3.05) is 0 Å². The largest absolute Gasteiger partial charge is 0.481 e. The summed E-state index contributed by atoms with van der Waals surface area (Å²) in [6, 6.07) is 4.25. The quantitative estimate of drug-likeness (QED) is 0.872. The van der Waals surface area contributed by atoms with Gasteiger partial charge in [0, 0.05) is 18.3 Å². The van der Waals surface area contributed by atoms with Gasteiger partial charge in [0.2, 0.25) is 0 Å². The van der Waals surface area contributed by atoms with E-state index >= 15 is 0 Å². The Labute approximate surface area is 102 Å². The Morgan fingerprint density at radius 3 is 2.71 bits per heavy atom. The number of aliphatic carboxylic acids is 1. The normalized spacial score (nSPS) is 24.5. The van der Waals surface area contributed by atoms with Crippen molar-refractivity contribution in [2.45, 2.75) is 44.9 Å². The summed E-state index contributed by atoms with van der Waals surface area (Å²) in [4.78, 5) is 14.9. The molecule has 0 amide bonds. The minimum atomic E-state index is -0.659. The highest BCUT2D eigenvalue weighted by Crippen LogP contribution is 2.36. The first-order valence-electron chi connectivity index (χ1n) is 6.29. The van der Waals surface area contributed by atoms with Crippen LogP contribution in [-0.2, 0) is 4.79 Å². The molecule has 0 atom stereocenters. The molecule has 0 radical (unpaired) electrons. The monoisotopic (exact) mass is 233 g/mol. The molecule has 1 heterocycles. The number of carbonyl (C=O) groups is 1. The summed E-state index contributed by atoms with van der Waals surface area (Å²) in [6.45, 7) is 2.01. The molecule has 1 N–H and O–H groups in total. The van der Waals surface area contributed by atoms with Gasteiger partial charge < -0.3 is 5.11 Å². The Hall–Kier alpha value is -1.38. The molecule has 1 fully saturated rings. The second-order valence-electron chi connectivity index (χ2n) is 5.05. The molecule has 1 aromatic rings. The molecule has 1 saturated carbocycles. The standard InChI is InChI=1S/C14H19NO2/c1-10-8-13(6-7-15-10)12-4-2-11(3-5-12)9-14(16)17/h6-8,11-12H,2-5,9H2,1H3,(H,16,17)/t11-,12+. The van der Waals surface area contributed by atoms with Gasteiger partial charge in [-0.15, -0.1) is 0 Å². The number of nitrogens with zero attached hydrogens (tertiary/aromatic N) is 1. The third kappa shape index (κ3) is 3.29. The van der Waals surface area contributed by atoms with Gasteiger partial charge in [0.25, 0.3) is 0 Å². The first kappa shape index (κ1) is 12.1. The van der Waals surface area contributed by atoms with Crippen molar-refractivity contribution < 1.29 is 9.90 Å². The number of carboxylic acid groups (broad SMARTS) is 1. The minimum absolute atomic E-state index is 0.335. The fraction of sp³-hybridized carbons (Fsp3) is 0.571. The van der Waals surface area contributed by atoms with Crippen LogP contribution >= 0.6 is 0 Å².